The Bertz CT molecular complexity index is 494. The summed E-state index contributed by atoms with van der Waals surface area (Å²) in [4.78, 5) is 16.9. The van der Waals surface area contributed by atoms with E-state index in [-0.39, 0.29) is 5.91 Å². The molecule has 104 valence electrons. The van der Waals surface area contributed by atoms with Crippen LogP contribution in [0, 0.1) is 0 Å². The topological polar surface area (TPSA) is 67.7 Å². The van der Waals surface area contributed by atoms with Crippen LogP contribution >= 0.6 is 11.3 Å². The Balaban J connectivity index is 1.61. The third-order valence-electron chi connectivity index (χ3n) is 2.61. The van der Waals surface area contributed by atoms with Crippen molar-refractivity contribution in [2.24, 2.45) is 0 Å². The maximum absolute atomic E-state index is 11.4. The van der Waals surface area contributed by atoms with Crippen LogP contribution in [0.5, 0.6) is 0 Å². The van der Waals surface area contributed by atoms with E-state index in [2.05, 4.69) is 15.6 Å². The molecule has 19 heavy (non-hydrogen) atoms. The first kappa shape index (κ1) is 14.0. The van der Waals surface area contributed by atoms with Crippen molar-refractivity contribution in [2.45, 2.75) is 13.0 Å². The average molecular weight is 282 g/mol. The maximum Gasteiger partial charge on any atom is 0.221 e. The van der Waals surface area contributed by atoms with Crippen molar-refractivity contribution in [1.82, 2.24) is 20.0 Å². The van der Waals surface area contributed by atoms with E-state index in [0.717, 1.165) is 10.7 Å². The van der Waals surface area contributed by atoms with Gasteiger partial charge in [0.2, 0.25) is 5.91 Å². The smallest absolute Gasteiger partial charge is 0.221 e. The lowest BCUT2D eigenvalue weighted by molar-refractivity contribution is -0.121. The van der Waals surface area contributed by atoms with E-state index >= 15 is 0 Å². The lowest BCUT2D eigenvalue weighted by Crippen LogP contribution is -2.29. The van der Waals surface area contributed by atoms with Crippen LogP contribution in [-0.4, -0.2) is 42.1 Å². The molecule has 0 saturated heterocycles. The fourth-order valence-electron chi connectivity index (χ4n) is 1.66. The van der Waals surface area contributed by atoms with E-state index in [1.54, 1.807) is 18.4 Å². The van der Waals surface area contributed by atoms with Crippen molar-refractivity contribution in [1.29, 1.82) is 0 Å². The summed E-state index contributed by atoms with van der Waals surface area (Å²) in [6.45, 7) is 2.43. The Morgan fingerprint density at radius 3 is 3.21 bits per heavy atom. The van der Waals surface area contributed by atoms with Gasteiger partial charge < -0.3 is 15.4 Å². The number of carbonyl (C=O) groups is 1. The van der Waals surface area contributed by atoms with Crippen molar-refractivity contribution in [2.75, 3.05) is 26.8 Å². The van der Waals surface area contributed by atoms with E-state index in [1.807, 2.05) is 22.2 Å². The number of amides is 1. The van der Waals surface area contributed by atoms with Gasteiger partial charge in [0.1, 0.15) is 0 Å². The van der Waals surface area contributed by atoms with Gasteiger partial charge >= 0.3 is 0 Å². The van der Waals surface area contributed by atoms with Crippen molar-refractivity contribution in [3.8, 4) is 0 Å². The number of hydrogen-bond donors (Lipinski definition) is 2. The first-order valence-corrected chi connectivity index (χ1v) is 7.05. The summed E-state index contributed by atoms with van der Waals surface area (Å²) in [6, 6.07) is 0. The molecular weight excluding hydrogens is 264 g/mol. The summed E-state index contributed by atoms with van der Waals surface area (Å²) in [5, 5.41) is 7.99. The molecule has 0 atom stereocenters. The number of nitrogens with zero attached hydrogens (tertiary/aromatic N) is 2. The number of aromatic nitrogens is 2. The van der Waals surface area contributed by atoms with Crippen LogP contribution in [-0.2, 0) is 16.1 Å². The molecule has 0 aliphatic carbocycles. The molecule has 0 aliphatic rings. The molecule has 0 saturated carbocycles. The number of rotatable bonds is 8. The van der Waals surface area contributed by atoms with Crippen molar-refractivity contribution in [3.63, 3.8) is 0 Å². The number of imidazole rings is 1. The quantitative estimate of drug-likeness (QED) is 0.697. The van der Waals surface area contributed by atoms with E-state index < -0.39 is 0 Å². The molecule has 2 N–H and O–H groups in total. The van der Waals surface area contributed by atoms with E-state index in [1.165, 1.54) is 0 Å². The second-order valence-corrected chi connectivity index (χ2v) is 4.97. The lowest BCUT2D eigenvalue weighted by atomic mass is 10.3. The Kier molecular flexibility index (Phi) is 5.31. The number of carbonyl (C=O) groups excluding carboxylic acids is 1. The second kappa shape index (κ2) is 7.22. The molecule has 0 radical (unpaired) electrons. The van der Waals surface area contributed by atoms with Gasteiger partial charge in [-0.25, -0.2) is 4.98 Å². The van der Waals surface area contributed by atoms with Gasteiger partial charge in [-0.15, -0.1) is 11.3 Å². The van der Waals surface area contributed by atoms with Gasteiger partial charge in [-0.05, 0) is 0 Å². The molecule has 2 heterocycles. The molecular formula is C12H18N4O2S. The Morgan fingerprint density at radius 2 is 2.42 bits per heavy atom. The van der Waals surface area contributed by atoms with Crippen LogP contribution in [0.2, 0.25) is 0 Å². The van der Waals surface area contributed by atoms with Crippen LogP contribution in [0.25, 0.3) is 4.96 Å². The summed E-state index contributed by atoms with van der Waals surface area (Å²) in [5.41, 5.74) is 0.992. The number of methoxy groups -OCH3 is 1. The standard InChI is InChI=1S/C12H18N4O2S/c1-18-6-4-14-11(17)2-3-13-8-10-9-16-5-7-19-12(16)15-10/h5,7,9,13H,2-4,6,8H2,1H3,(H,14,17). The second-order valence-electron chi connectivity index (χ2n) is 4.09. The predicted octanol–water partition coefficient (Wildman–Crippen LogP) is 0.638. The fourth-order valence-corrected chi connectivity index (χ4v) is 2.38. The van der Waals surface area contributed by atoms with Crippen molar-refractivity contribution < 1.29 is 9.53 Å². The van der Waals surface area contributed by atoms with Gasteiger partial charge in [-0.1, -0.05) is 0 Å². The minimum atomic E-state index is 0.0374. The molecule has 6 nitrogen and oxygen atoms in total. The Labute approximate surface area is 115 Å². The van der Waals surface area contributed by atoms with Crippen LogP contribution in [0.4, 0.5) is 0 Å². The molecule has 0 spiro atoms. The summed E-state index contributed by atoms with van der Waals surface area (Å²) in [7, 11) is 1.61. The summed E-state index contributed by atoms with van der Waals surface area (Å²) in [6.07, 6.45) is 4.45. The molecule has 2 aromatic heterocycles. The molecule has 2 rings (SSSR count). The number of ether oxygens (including phenoxy) is 1. The highest BCUT2D eigenvalue weighted by Crippen LogP contribution is 2.10. The van der Waals surface area contributed by atoms with Crippen LogP contribution in [0.15, 0.2) is 17.8 Å². The van der Waals surface area contributed by atoms with Gasteiger partial charge in [0, 0.05) is 50.9 Å². The predicted molar refractivity (Wildman–Crippen MR) is 74.3 cm³/mol. The molecule has 0 bridgehead atoms. The third-order valence-corrected chi connectivity index (χ3v) is 3.38. The molecule has 0 aliphatic heterocycles. The molecule has 2 aromatic rings. The average Bonchev–Trinajstić information content (AvgIpc) is 2.95. The van der Waals surface area contributed by atoms with Crippen molar-refractivity contribution in [3.05, 3.63) is 23.5 Å². The number of nitrogens with one attached hydrogen (secondary N) is 2. The Morgan fingerprint density at radius 1 is 1.53 bits per heavy atom. The number of hydrogen-bond acceptors (Lipinski definition) is 5. The molecule has 1 amide bonds. The Hall–Kier alpha value is -1.44. The van der Waals surface area contributed by atoms with Gasteiger partial charge in [0.25, 0.3) is 0 Å². The molecule has 0 aromatic carbocycles. The highest BCUT2D eigenvalue weighted by atomic mass is 32.1. The minimum absolute atomic E-state index is 0.0374. The normalized spacial score (nSPS) is 11.0. The van der Waals surface area contributed by atoms with Crippen molar-refractivity contribution >= 4 is 22.2 Å². The SMILES string of the molecule is COCCNC(=O)CCNCc1cn2ccsc2n1. The minimum Gasteiger partial charge on any atom is -0.383 e. The van der Waals surface area contributed by atoms with E-state index in [9.17, 15) is 4.79 Å². The molecule has 0 unspecified atom stereocenters. The summed E-state index contributed by atoms with van der Waals surface area (Å²) >= 11 is 1.61. The summed E-state index contributed by atoms with van der Waals surface area (Å²) < 4.78 is 6.86. The van der Waals surface area contributed by atoms with E-state index in [4.69, 9.17) is 4.74 Å². The zero-order valence-electron chi connectivity index (χ0n) is 10.9. The van der Waals surface area contributed by atoms with E-state index in [0.29, 0.717) is 32.7 Å². The van der Waals surface area contributed by atoms with Gasteiger partial charge in [0.05, 0.1) is 12.3 Å². The van der Waals surface area contributed by atoms with Crippen LogP contribution in [0.1, 0.15) is 12.1 Å². The molecule has 7 heteroatoms. The lowest BCUT2D eigenvalue weighted by Gasteiger charge is -2.04. The van der Waals surface area contributed by atoms with Gasteiger partial charge in [0.15, 0.2) is 4.96 Å². The first-order valence-electron chi connectivity index (χ1n) is 6.17. The maximum atomic E-state index is 11.4. The molecule has 0 fully saturated rings. The number of fused-ring (bicyclic) bond motifs is 1. The van der Waals surface area contributed by atoms with Gasteiger partial charge in [-0.3, -0.25) is 9.20 Å². The largest absolute Gasteiger partial charge is 0.383 e. The zero-order valence-corrected chi connectivity index (χ0v) is 11.7. The monoisotopic (exact) mass is 282 g/mol. The van der Waals surface area contributed by atoms with Crippen LogP contribution in [0.3, 0.4) is 0 Å². The fraction of sp³-hybridized carbons (Fsp3) is 0.500. The highest BCUT2D eigenvalue weighted by molar-refractivity contribution is 7.15. The van der Waals surface area contributed by atoms with Gasteiger partial charge in [-0.2, -0.15) is 0 Å². The number of thiazole rings is 1. The highest BCUT2D eigenvalue weighted by Gasteiger charge is 2.03. The zero-order chi connectivity index (χ0) is 13.5. The third kappa shape index (κ3) is 4.30. The first-order chi connectivity index (χ1) is 9.29. The van der Waals surface area contributed by atoms with Crippen LogP contribution < -0.4 is 10.6 Å². The summed E-state index contributed by atoms with van der Waals surface area (Å²) in [5.74, 6) is 0.0374.